The van der Waals surface area contributed by atoms with Gasteiger partial charge in [-0.05, 0) is 43.2 Å². The summed E-state index contributed by atoms with van der Waals surface area (Å²) < 4.78 is 18.6. The van der Waals surface area contributed by atoms with Gasteiger partial charge in [0.05, 0.1) is 11.9 Å². The lowest BCUT2D eigenvalue weighted by Crippen LogP contribution is -1.94. The first-order valence-corrected chi connectivity index (χ1v) is 5.22. The molecule has 0 bridgehead atoms. The van der Waals surface area contributed by atoms with Crippen LogP contribution < -0.4 is 10.5 Å². The molecule has 3 nitrogen and oxygen atoms in total. The Morgan fingerprint density at radius 3 is 2.59 bits per heavy atom. The van der Waals surface area contributed by atoms with Crippen molar-refractivity contribution in [3.63, 3.8) is 0 Å². The molecule has 1 aromatic heterocycles. The third kappa shape index (κ3) is 2.53. The summed E-state index contributed by atoms with van der Waals surface area (Å²) in [5.74, 6) is 0.752. The van der Waals surface area contributed by atoms with E-state index in [1.165, 1.54) is 6.07 Å². The maximum absolute atomic E-state index is 13.1. The Hall–Kier alpha value is -2.10. The Labute approximate surface area is 99.1 Å². The summed E-state index contributed by atoms with van der Waals surface area (Å²) >= 11 is 0. The highest BCUT2D eigenvalue weighted by molar-refractivity contribution is 5.46. The molecule has 0 radical (unpaired) electrons. The molecule has 1 heterocycles. The third-order valence-corrected chi connectivity index (χ3v) is 2.48. The number of aryl methyl sites for hydroxylation is 2. The van der Waals surface area contributed by atoms with Crippen molar-refractivity contribution >= 4 is 5.69 Å². The quantitative estimate of drug-likeness (QED) is 0.864. The van der Waals surface area contributed by atoms with E-state index in [-0.39, 0.29) is 5.82 Å². The maximum Gasteiger partial charge on any atom is 0.219 e. The lowest BCUT2D eigenvalue weighted by atomic mass is 10.2. The SMILES string of the molecule is Cc1cc(Oc2ccc(F)c(C)c2)ncc1N. The smallest absolute Gasteiger partial charge is 0.219 e. The Bertz CT molecular complexity index is 506. The number of nitrogen functional groups attached to an aromatic ring is 1. The molecule has 0 aliphatic carbocycles. The molecule has 0 saturated heterocycles. The lowest BCUT2D eigenvalue weighted by Gasteiger charge is -2.07. The number of ether oxygens (including phenoxy) is 1. The summed E-state index contributed by atoms with van der Waals surface area (Å²) in [5.41, 5.74) is 7.71. The number of aromatic nitrogens is 1. The minimum absolute atomic E-state index is 0.251. The van der Waals surface area contributed by atoms with E-state index in [9.17, 15) is 4.39 Å². The van der Waals surface area contributed by atoms with E-state index in [1.54, 1.807) is 31.3 Å². The van der Waals surface area contributed by atoms with Crippen LogP contribution >= 0.6 is 0 Å². The fourth-order valence-electron chi connectivity index (χ4n) is 1.40. The number of halogens is 1. The zero-order valence-electron chi connectivity index (χ0n) is 9.70. The molecule has 0 fully saturated rings. The molecule has 0 spiro atoms. The predicted octanol–water partition coefficient (Wildman–Crippen LogP) is 3.21. The van der Waals surface area contributed by atoms with Crippen LogP contribution in [-0.4, -0.2) is 4.98 Å². The van der Waals surface area contributed by atoms with Gasteiger partial charge in [-0.15, -0.1) is 0 Å². The minimum atomic E-state index is -0.251. The molecule has 4 heteroatoms. The summed E-state index contributed by atoms with van der Waals surface area (Å²) in [6.07, 6.45) is 1.54. The number of hydrogen-bond donors (Lipinski definition) is 1. The number of nitrogens with two attached hydrogens (primary N) is 1. The summed E-state index contributed by atoms with van der Waals surface area (Å²) in [6, 6.07) is 6.31. The number of rotatable bonds is 2. The predicted molar refractivity (Wildman–Crippen MR) is 64.6 cm³/mol. The fourth-order valence-corrected chi connectivity index (χ4v) is 1.40. The van der Waals surface area contributed by atoms with E-state index in [0.29, 0.717) is 22.9 Å². The molecule has 2 aromatic rings. The van der Waals surface area contributed by atoms with Crippen LogP contribution in [0.15, 0.2) is 30.5 Å². The average Bonchev–Trinajstić information content (AvgIpc) is 2.29. The van der Waals surface area contributed by atoms with Crippen molar-refractivity contribution in [2.75, 3.05) is 5.73 Å². The summed E-state index contributed by atoms with van der Waals surface area (Å²) in [7, 11) is 0. The molecule has 0 unspecified atom stereocenters. The second kappa shape index (κ2) is 4.41. The van der Waals surface area contributed by atoms with Crippen molar-refractivity contribution in [2.45, 2.75) is 13.8 Å². The van der Waals surface area contributed by atoms with E-state index in [0.717, 1.165) is 5.56 Å². The van der Waals surface area contributed by atoms with Crippen LogP contribution in [0.25, 0.3) is 0 Å². The molecule has 0 aliphatic heterocycles. The molecule has 1 aromatic carbocycles. The molecular weight excluding hydrogens is 219 g/mol. The van der Waals surface area contributed by atoms with Crippen LogP contribution in [0.2, 0.25) is 0 Å². The monoisotopic (exact) mass is 232 g/mol. The van der Waals surface area contributed by atoms with Crippen molar-refractivity contribution in [1.29, 1.82) is 0 Å². The fraction of sp³-hybridized carbons (Fsp3) is 0.154. The van der Waals surface area contributed by atoms with E-state index >= 15 is 0 Å². The van der Waals surface area contributed by atoms with Gasteiger partial charge >= 0.3 is 0 Å². The summed E-state index contributed by atoms with van der Waals surface area (Å²) in [4.78, 5) is 4.05. The minimum Gasteiger partial charge on any atom is -0.439 e. The van der Waals surface area contributed by atoms with Crippen LogP contribution in [0.1, 0.15) is 11.1 Å². The van der Waals surface area contributed by atoms with Gasteiger partial charge in [0.1, 0.15) is 11.6 Å². The van der Waals surface area contributed by atoms with Crippen LogP contribution in [0.4, 0.5) is 10.1 Å². The largest absolute Gasteiger partial charge is 0.439 e. The first-order chi connectivity index (χ1) is 8.06. The van der Waals surface area contributed by atoms with Gasteiger partial charge in [-0.25, -0.2) is 9.37 Å². The standard InChI is InChI=1S/C13H13FN2O/c1-8-5-10(3-4-11(8)14)17-13-6-9(2)12(15)7-16-13/h3-7H,15H2,1-2H3. The maximum atomic E-state index is 13.1. The van der Waals surface area contributed by atoms with Gasteiger partial charge in [-0.2, -0.15) is 0 Å². The number of benzene rings is 1. The Morgan fingerprint density at radius 1 is 1.18 bits per heavy atom. The second-order valence-electron chi connectivity index (χ2n) is 3.89. The molecule has 2 rings (SSSR count). The van der Waals surface area contributed by atoms with Crippen LogP contribution in [-0.2, 0) is 0 Å². The topological polar surface area (TPSA) is 48.1 Å². The molecular formula is C13H13FN2O. The lowest BCUT2D eigenvalue weighted by molar-refractivity contribution is 0.460. The first-order valence-electron chi connectivity index (χ1n) is 5.22. The van der Waals surface area contributed by atoms with Gasteiger partial charge in [0.15, 0.2) is 0 Å². The van der Waals surface area contributed by atoms with Crippen molar-refractivity contribution in [1.82, 2.24) is 4.98 Å². The van der Waals surface area contributed by atoms with E-state index in [1.807, 2.05) is 6.92 Å². The average molecular weight is 232 g/mol. The number of pyridine rings is 1. The molecule has 0 atom stereocenters. The third-order valence-electron chi connectivity index (χ3n) is 2.48. The van der Waals surface area contributed by atoms with Crippen molar-refractivity contribution in [3.05, 3.63) is 47.4 Å². The molecule has 17 heavy (non-hydrogen) atoms. The van der Waals surface area contributed by atoms with Crippen molar-refractivity contribution in [3.8, 4) is 11.6 Å². The van der Waals surface area contributed by atoms with Gasteiger partial charge in [0.2, 0.25) is 5.88 Å². The van der Waals surface area contributed by atoms with Gasteiger partial charge in [0, 0.05) is 6.07 Å². The zero-order valence-corrected chi connectivity index (χ0v) is 9.70. The number of anilines is 1. The molecule has 0 aliphatic rings. The van der Waals surface area contributed by atoms with E-state index < -0.39 is 0 Å². The van der Waals surface area contributed by atoms with Crippen LogP contribution in [0, 0.1) is 19.7 Å². The summed E-state index contributed by atoms with van der Waals surface area (Å²) in [5, 5.41) is 0. The van der Waals surface area contributed by atoms with Gasteiger partial charge in [0.25, 0.3) is 0 Å². The van der Waals surface area contributed by atoms with Crippen LogP contribution in [0.3, 0.4) is 0 Å². The van der Waals surface area contributed by atoms with Gasteiger partial charge in [-0.3, -0.25) is 0 Å². The highest BCUT2D eigenvalue weighted by Gasteiger charge is 2.03. The molecule has 0 saturated carbocycles. The highest BCUT2D eigenvalue weighted by atomic mass is 19.1. The molecule has 2 N–H and O–H groups in total. The highest BCUT2D eigenvalue weighted by Crippen LogP contribution is 2.23. The zero-order chi connectivity index (χ0) is 12.4. The number of nitrogens with zero attached hydrogens (tertiary/aromatic N) is 1. The summed E-state index contributed by atoms with van der Waals surface area (Å²) in [6.45, 7) is 3.56. The van der Waals surface area contributed by atoms with E-state index in [2.05, 4.69) is 4.98 Å². The Morgan fingerprint density at radius 2 is 1.94 bits per heavy atom. The normalized spacial score (nSPS) is 10.3. The van der Waals surface area contributed by atoms with Crippen LogP contribution in [0.5, 0.6) is 11.6 Å². The van der Waals surface area contributed by atoms with Crippen molar-refractivity contribution in [2.24, 2.45) is 0 Å². The van der Waals surface area contributed by atoms with Crippen molar-refractivity contribution < 1.29 is 9.13 Å². The first kappa shape index (κ1) is 11.4. The second-order valence-corrected chi connectivity index (χ2v) is 3.89. The Kier molecular flexibility index (Phi) is 2.95. The van der Waals surface area contributed by atoms with Gasteiger partial charge < -0.3 is 10.5 Å². The number of hydrogen-bond acceptors (Lipinski definition) is 3. The molecule has 88 valence electrons. The molecule has 0 amide bonds. The Balaban J connectivity index is 2.25. The van der Waals surface area contributed by atoms with Gasteiger partial charge in [-0.1, -0.05) is 0 Å². The van der Waals surface area contributed by atoms with E-state index in [4.69, 9.17) is 10.5 Å².